The van der Waals surface area contributed by atoms with Crippen molar-refractivity contribution >= 4 is 17.3 Å². The van der Waals surface area contributed by atoms with Crippen LogP contribution in [-0.2, 0) is 0 Å². The first-order chi connectivity index (χ1) is 13.0. The first-order valence-electron chi connectivity index (χ1n) is 8.33. The summed E-state index contributed by atoms with van der Waals surface area (Å²) in [5, 5.41) is 14.2. The lowest BCUT2D eigenvalue weighted by Crippen LogP contribution is -2.37. The van der Waals surface area contributed by atoms with Crippen molar-refractivity contribution in [2.24, 2.45) is 0 Å². The summed E-state index contributed by atoms with van der Waals surface area (Å²) in [6.45, 7) is 1.05. The normalized spacial score (nSPS) is 15.3. The van der Waals surface area contributed by atoms with Gasteiger partial charge in [-0.15, -0.1) is 0 Å². The van der Waals surface area contributed by atoms with Gasteiger partial charge in [0, 0.05) is 11.8 Å². The number of rotatable bonds is 5. The summed E-state index contributed by atoms with van der Waals surface area (Å²) in [5.74, 6) is 4.69. The first kappa shape index (κ1) is 18.6. The summed E-state index contributed by atoms with van der Waals surface area (Å²) in [7, 11) is 3.88. The van der Waals surface area contributed by atoms with Gasteiger partial charge < -0.3 is 10.4 Å². The van der Waals surface area contributed by atoms with Gasteiger partial charge in [0.05, 0.1) is 36.2 Å². The Labute approximate surface area is 156 Å². The molecule has 7 nitrogen and oxygen atoms in total. The van der Waals surface area contributed by atoms with Crippen molar-refractivity contribution in [1.29, 1.82) is 0 Å². The van der Waals surface area contributed by atoms with Crippen molar-refractivity contribution in [3.05, 3.63) is 53.6 Å². The standard InChI is InChI=1S/C19H20FN5O2/c1-24(2)9-3-4-10-25-17-6-5-13(20)11-15(17)18(23-25)22-16-12-21-8-7-14(16)19(26)27/h5-8,11-12,18,22-23H,9-10H2,1-2H3,(H,26,27). The molecule has 1 atom stereocenters. The number of fused-ring (bicyclic) bond motifs is 1. The number of nitrogens with zero attached hydrogens (tertiary/aromatic N) is 3. The summed E-state index contributed by atoms with van der Waals surface area (Å²) in [4.78, 5) is 17.3. The lowest BCUT2D eigenvalue weighted by Gasteiger charge is -2.20. The van der Waals surface area contributed by atoms with E-state index in [1.165, 1.54) is 30.6 Å². The van der Waals surface area contributed by atoms with Crippen molar-refractivity contribution in [2.45, 2.75) is 6.17 Å². The van der Waals surface area contributed by atoms with Crippen LogP contribution in [0.2, 0.25) is 0 Å². The fourth-order valence-corrected chi connectivity index (χ4v) is 2.74. The number of carboxylic acids is 1. The molecule has 0 radical (unpaired) electrons. The van der Waals surface area contributed by atoms with Crippen LogP contribution in [0.1, 0.15) is 22.1 Å². The van der Waals surface area contributed by atoms with Gasteiger partial charge in [0.15, 0.2) is 0 Å². The van der Waals surface area contributed by atoms with E-state index >= 15 is 0 Å². The molecule has 0 saturated heterocycles. The Kier molecular flexibility index (Phi) is 5.54. The number of pyridine rings is 1. The largest absolute Gasteiger partial charge is 0.478 e. The fourth-order valence-electron chi connectivity index (χ4n) is 2.74. The van der Waals surface area contributed by atoms with E-state index in [-0.39, 0.29) is 11.4 Å². The lowest BCUT2D eigenvalue weighted by molar-refractivity contribution is 0.0697. The second-order valence-corrected chi connectivity index (χ2v) is 6.31. The molecule has 2 aromatic rings. The van der Waals surface area contributed by atoms with E-state index in [4.69, 9.17) is 0 Å². The number of hydrazine groups is 1. The Morgan fingerprint density at radius 1 is 1.41 bits per heavy atom. The van der Waals surface area contributed by atoms with Crippen molar-refractivity contribution in [3.8, 4) is 11.8 Å². The highest BCUT2D eigenvalue weighted by Gasteiger charge is 2.29. The van der Waals surface area contributed by atoms with E-state index in [1.54, 1.807) is 6.07 Å². The summed E-state index contributed by atoms with van der Waals surface area (Å²) >= 11 is 0. The van der Waals surface area contributed by atoms with E-state index in [0.717, 1.165) is 5.69 Å². The molecule has 0 aliphatic carbocycles. The van der Waals surface area contributed by atoms with Crippen molar-refractivity contribution in [2.75, 3.05) is 37.5 Å². The Hall–Kier alpha value is -3.15. The number of carboxylic acid groups (broad SMARTS) is 1. The zero-order chi connectivity index (χ0) is 19.4. The van der Waals surface area contributed by atoms with Crippen LogP contribution in [0.3, 0.4) is 0 Å². The van der Waals surface area contributed by atoms with Crippen molar-refractivity contribution in [1.82, 2.24) is 15.3 Å². The van der Waals surface area contributed by atoms with Crippen LogP contribution in [0.15, 0.2) is 36.7 Å². The number of nitrogens with one attached hydrogen (secondary N) is 2. The summed E-state index contributed by atoms with van der Waals surface area (Å²) < 4.78 is 13.8. The summed E-state index contributed by atoms with van der Waals surface area (Å²) in [5.41, 5.74) is 5.10. The van der Waals surface area contributed by atoms with Crippen molar-refractivity contribution < 1.29 is 14.3 Å². The monoisotopic (exact) mass is 369 g/mol. The third-order valence-corrected chi connectivity index (χ3v) is 3.99. The third-order valence-electron chi connectivity index (χ3n) is 3.99. The quantitative estimate of drug-likeness (QED) is 0.695. The first-order valence-corrected chi connectivity index (χ1v) is 8.33. The third kappa shape index (κ3) is 4.34. The predicted octanol–water partition coefficient (Wildman–Crippen LogP) is 1.92. The van der Waals surface area contributed by atoms with Crippen LogP contribution in [0.5, 0.6) is 0 Å². The zero-order valence-electron chi connectivity index (χ0n) is 15.0. The molecule has 0 saturated carbocycles. The molecular weight excluding hydrogens is 349 g/mol. The van der Waals surface area contributed by atoms with Crippen LogP contribution in [0, 0.1) is 17.7 Å². The highest BCUT2D eigenvalue weighted by atomic mass is 19.1. The minimum Gasteiger partial charge on any atom is -0.478 e. The van der Waals surface area contributed by atoms with Gasteiger partial charge in [-0.1, -0.05) is 11.8 Å². The second-order valence-electron chi connectivity index (χ2n) is 6.31. The molecule has 27 heavy (non-hydrogen) atoms. The summed E-state index contributed by atoms with van der Waals surface area (Å²) in [6.07, 6.45) is 2.34. The highest BCUT2D eigenvalue weighted by Crippen LogP contribution is 2.34. The van der Waals surface area contributed by atoms with E-state index < -0.39 is 12.1 Å². The van der Waals surface area contributed by atoms with Gasteiger partial charge in [-0.2, -0.15) is 0 Å². The molecular formula is C19H20FN5O2. The molecule has 1 aromatic carbocycles. The molecule has 3 rings (SSSR count). The van der Waals surface area contributed by atoms with Crippen LogP contribution in [-0.4, -0.2) is 48.1 Å². The maximum absolute atomic E-state index is 13.8. The number of benzene rings is 1. The lowest BCUT2D eigenvalue weighted by atomic mass is 10.1. The molecule has 3 N–H and O–H groups in total. The van der Waals surface area contributed by atoms with Gasteiger partial charge in [0.2, 0.25) is 0 Å². The maximum Gasteiger partial charge on any atom is 0.337 e. The number of anilines is 2. The molecule has 2 heterocycles. The average Bonchev–Trinajstić information content (AvgIpc) is 2.95. The molecule has 0 bridgehead atoms. The number of hydrogen-bond acceptors (Lipinski definition) is 6. The SMILES string of the molecule is CN(C)CC#CCN1NC(Nc2cnccc2C(=O)O)c2cc(F)ccc21. The zero-order valence-corrected chi connectivity index (χ0v) is 15.0. The van der Waals surface area contributed by atoms with Gasteiger partial charge in [-0.25, -0.2) is 14.6 Å². The van der Waals surface area contributed by atoms with Crippen LogP contribution < -0.4 is 15.8 Å². The molecule has 1 aliphatic heterocycles. The van der Waals surface area contributed by atoms with Gasteiger partial charge in [-0.3, -0.25) is 14.9 Å². The van der Waals surface area contributed by atoms with Gasteiger partial charge in [0.25, 0.3) is 0 Å². The molecule has 0 spiro atoms. The molecule has 1 aromatic heterocycles. The molecule has 0 amide bonds. The number of carbonyl (C=O) groups is 1. The number of aromatic nitrogens is 1. The predicted molar refractivity (Wildman–Crippen MR) is 101 cm³/mol. The topological polar surface area (TPSA) is 80.7 Å². The number of halogens is 1. The highest BCUT2D eigenvalue weighted by molar-refractivity contribution is 5.94. The Balaban J connectivity index is 1.84. The Morgan fingerprint density at radius 3 is 2.96 bits per heavy atom. The molecule has 1 aliphatic rings. The van der Waals surface area contributed by atoms with Crippen LogP contribution in [0.4, 0.5) is 15.8 Å². The van der Waals surface area contributed by atoms with Gasteiger partial charge in [0.1, 0.15) is 12.0 Å². The molecule has 1 unspecified atom stereocenters. The van der Waals surface area contributed by atoms with Crippen molar-refractivity contribution in [3.63, 3.8) is 0 Å². The number of hydrogen-bond donors (Lipinski definition) is 3. The van der Waals surface area contributed by atoms with Crippen LogP contribution >= 0.6 is 0 Å². The van der Waals surface area contributed by atoms with E-state index in [2.05, 4.69) is 27.6 Å². The van der Waals surface area contributed by atoms with E-state index in [0.29, 0.717) is 24.3 Å². The van der Waals surface area contributed by atoms with E-state index in [1.807, 2.05) is 24.0 Å². The maximum atomic E-state index is 13.8. The molecule has 0 fully saturated rings. The Morgan fingerprint density at radius 2 is 2.22 bits per heavy atom. The van der Waals surface area contributed by atoms with Gasteiger partial charge in [-0.05, 0) is 38.4 Å². The van der Waals surface area contributed by atoms with E-state index in [9.17, 15) is 14.3 Å². The second kappa shape index (κ2) is 8.03. The smallest absolute Gasteiger partial charge is 0.337 e. The van der Waals surface area contributed by atoms with Crippen LogP contribution in [0.25, 0.3) is 0 Å². The fraction of sp³-hybridized carbons (Fsp3) is 0.263. The molecule has 140 valence electrons. The minimum absolute atomic E-state index is 0.0916. The average molecular weight is 369 g/mol. The van der Waals surface area contributed by atoms with Gasteiger partial charge >= 0.3 is 5.97 Å². The summed E-state index contributed by atoms with van der Waals surface area (Å²) in [6, 6.07) is 5.89. The molecule has 8 heteroatoms. The minimum atomic E-state index is -1.07. The Bertz CT molecular complexity index is 906. The number of aromatic carboxylic acids is 1.